The van der Waals surface area contributed by atoms with Crippen molar-refractivity contribution in [3.8, 4) is 6.07 Å². The Balaban J connectivity index is 2.17. The van der Waals surface area contributed by atoms with E-state index in [4.69, 9.17) is 10.00 Å². The summed E-state index contributed by atoms with van der Waals surface area (Å²) < 4.78 is 19.6. The van der Waals surface area contributed by atoms with Crippen LogP contribution in [-0.2, 0) is 11.3 Å². The third-order valence-electron chi connectivity index (χ3n) is 2.58. The minimum Gasteiger partial charge on any atom is -0.462 e. The molecule has 0 bridgehead atoms. The average molecular weight is 273 g/mol. The van der Waals surface area contributed by atoms with Gasteiger partial charge in [0, 0.05) is 6.20 Å². The van der Waals surface area contributed by atoms with E-state index in [9.17, 15) is 9.18 Å². The topological polar surface area (TPSA) is 67.9 Å². The SMILES string of the molecule is CCOC(=O)c1cnn(Cc2cc(F)cc(C#N)c2)c1. The number of hydrogen-bond acceptors (Lipinski definition) is 4. The molecule has 1 heterocycles. The first-order chi connectivity index (χ1) is 9.62. The molecule has 0 aliphatic rings. The van der Waals surface area contributed by atoms with Crippen LogP contribution in [0.4, 0.5) is 4.39 Å². The zero-order chi connectivity index (χ0) is 14.5. The molecule has 0 saturated heterocycles. The molecular weight excluding hydrogens is 261 g/mol. The standard InChI is InChI=1S/C14H12FN3O2/c1-2-20-14(19)12-7-17-18(9-12)8-11-3-10(6-16)4-13(15)5-11/h3-5,7,9H,2,8H2,1H3. The number of rotatable bonds is 4. The lowest BCUT2D eigenvalue weighted by Crippen LogP contribution is -2.04. The summed E-state index contributed by atoms with van der Waals surface area (Å²) in [4.78, 5) is 11.5. The van der Waals surface area contributed by atoms with Gasteiger partial charge in [-0.1, -0.05) is 0 Å². The van der Waals surface area contributed by atoms with Crippen LogP contribution in [0.3, 0.4) is 0 Å². The second kappa shape index (κ2) is 5.97. The number of hydrogen-bond donors (Lipinski definition) is 0. The summed E-state index contributed by atoms with van der Waals surface area (Å²) in [6.45, 7) is 2.28. The summed E-state index contributed by atoms with van der Waals surface area (Å²) in [6, 6.07) is 5.96. The first-order valence-electron chi connectivity index (χ1n) is 6.01. The van der Waals surface area contributed by atoms with E-state index in [-0.39, 0.29) is 12.1 Å². The van der Waals surface area contributed by atoms with Gasteiger partial charge < -0.3 is 4.74 Å². The number of esters is 1. The molecule has 0 aliphatic heterocycles. The Morgan fingerprint density at radius 2 is 2.30 bits per heavy atom. The van der Waals surface area contributed by atoms with Crippen molar-refractivity contribution in [3.63, 3.8) is 0 Å². The molecule has 0 unspecified atom stereocenters. The average Bonchev–Trinajstić information content (AvgIpc) is 2.87. The molecule has 0 fully saturated rings. The molecule has 6 heteroatoms. The molecule has 1 aromatic heterocycles. The predicted molar refractivity (Wildman–Crippen MR) is 68.4 cm³/mol. The zero-order valence-corrected chi connectivity index (χ0v) is 10.8. The summed E-state index contributed by atoms with van der Waals surface area (Å²) in [7, 11) is 0. The Morgan fingerprint density at radius 1 is 1.50 bits per heavy atom. The largest absolute Gasteiger partial charge is 0.462 e. The highest BCUT2D eigenvalue weighted by Crippen LogP contribution is 2.10. The molecule has 0 saturated carbocycles. The second-order valence-electron chi connectivity index (χ2n) is 4.11. The molecule has 0 aliphatic carbocycles. The van der Waals surface area contributed by atoms with Crippen LogP contribution in [0, 0.1) is 17.1 Å². The van der Waals surface area contributed by atoms with E-state index in [1.165, 1.54) is 23.1 Å². The molecule has 20 heavy (non-hydrogen) atoms. The maximum atomic E-state index is 13.3. The predicted octanol–water partition coefficient (Wildman–Crippen LogP) is 2.12. The third kappa shape index (κ3) is 3.20. The van der Waals surface area contributed by atoms with Crippen LogP contribution >= 0.6 is 0 Å². The Morgan fingerprint density at radius 3 is 3.00 bits per heavy atom. The van der Waals surface area contributed by atoms with Crippen molar-refractivity contribution < 1.29 is 13.9 Å². The summed E-state index contributed by atoms with van der Waals surface area (Å²) in [5.74, 6) is -0.924. The van der Waals surface area contributed by atoms with E-state index in [2.05, 4.69) is 5.10 Å². The monoisotopic (exact) mass is 273 g/mol. The van der Waals surface area contributed by atoms with E-state index in [0.717, 1.165) is 6.07 Å². The van der Waals surface area contributed by atoms with Crippen LogP contribution < -0.4 is 0 Å². The number of ether oxygens (including phenoxy) is 1. The van der Waals surface area contributed by atoms with Crippen LogP contribution in [0.15, 0.2) is 30.6 Å². The van der Waals surface area contributed by atoms with E-state index in [1.807, 2.05) is 6.07 Å². The van der Waals surface area contributed by atoms with Gasteiger partial charge >= 0.3 is 5.97 Å². The van der Waals surface area contributed by atoms with E-state index in [1.54, 1.807) is 13.0 Å². The van der Waals surface area contributed by atoms with Crippen LogP contribution in [0.2, 0.25) is 0 Å². The minimum atomic E-state index is -0.475. The molecular formula is C14H12FN3O2. The number of halogens is 1. The zero-order valence-electron chi connectivity index (χ0n) is 10.8. The molecule has 2 rings (SSSR count). The molecule has 0 N–H and O–H groups in total. The van der Waals surface area contributed by atoms with Crippen molar-refractivity contribution in [2.45, 2.75) is 13.5 Å². The maximum absolute atomic E-state index is 13.3. The van der Waals surface area contributed by atoms with Gasteiger partial charge in [-0.2, -0.15) is 10.4 Å². The molecule has 0 radical (unpaired) electrons. The Labute approximate surface area is 115 Å². The van der Waals surface area contributed by atoms with Crippen LogP contribution in [0.5, 0.6) is 0 Å². The lowest BCUT2D eigenvalue weighted by molar-refractivity contribution is 0.0526. The molecule has 0 spiro atoms. The second-order valence-corrected chi connectivity index (χ2v) is 4.11. The first kappa shape index (κ1) is 13.7. The molecule has 0 amide bonds. The fourth-order valence-corrected chi connectivity index (χ4v) is 1.76. The number of aromatic nitrogens is 2. The Hall–Kier alpha value is -2.68. The highest BCUT2D eigenvalue weighted by atomic mass is 19.1. The minimum absolute atomic E-state index is 0.248. The molecule has 0 atom stereocenters. The van der Waals surface area contributed by atoms with Gasteiger partial charge in [-0.25, -0.2) is 9.18 Å². The van der Waals surface area contributed by atoms with Crippen molar-refractivity contribution in [2.24, 2.45) is 0 Å². The summed E-state index contributed by atoms with van der Waals surface area (Å²) in [5.41, 5.74) is 1.18. The third-order valence-corrected chi connectivity index (χ3v) is 2.58. The molecule has 102 valence electrons. The van der Waals surface area contributed by atoms with Crippen LogP contribution in [-0.4, -0.2) is 22.4 Å². The van der Waals surface area contributed by atoms with Gasteiger partial charge in [-0.05, 0) is 30.7 Å². The lowest BCUT2D eigenvalue weighted by atomic mass is 10.1. The van der Waals surface area contributed by atoms with Crippen LogP contribution in [0.1, 0.15) is 28.4 Å². The summed E-state index contributed by atoms with van der Waals surface area (Å²) >= 11 is 0. The highest BCUT2D eigenvalue weighted by Gasteiger charge is 2.10. The van der Waals surface area contributed by atoms with Gasteiger partial charge in [-0.3, -0.25) is 4.68 Å². The number of carbonyl (C=O) groups excluding carboxylic acids is 1. The number of nitrogens with zero attached hydrogens (tertiary/aromatic N) is 3. The quantitative estimate of drug-likeness (QED) is 0.800. The van der Waals surface area contributed by atoms with Crippen molar-refractivity contribution in [3.05, 3.63) is 53.1 Å². The van der Waals surface area contributed by atoms with E-state index < -0.39 is 11.8 Å². The van der Waals surface area contributed by atoms with Gasteiger partial charge in [0.25, 0.3) is 0 Å². The smallest absolute Gasteiger partial charge is 0.341 e. The fraction of sp³-hybridized carbons (Fsp3) is 0.214. The van der Waals surface area contributed by atoms with Gasteiger partial charge in [-0.15, -0.1) is 0 Å². The fourth-order valence-electron chi connectivity index (χ4n) is 1.76. The lowest BCUT2D eigenvalue weighted by Gasteiger charge is -2.03. The molecule has 1 aromatic carbocycles. The summed E-state index contributed by atoms with van der Waals surface area (Å²) in [5, 5.41) is 12.8. The van der Waals surface area contributed by atoms with Gasteiger partial charge in [0.1, 0.15) is 5.82 Å². The van der Waals surface area contributed by atoms with Crippen molar-refractivity contribution >= 4 is 5.97 Å². The number of nitriles is 1. The first-order valence-corrected chi connectivity index (χ1v) is 6.01. The summed E-state index contributed by atoms with van der Waals surface area (Å²) in [6.07, 6.45) is 2.91. The maximum Gasteiger partial charge on any atom is 0.341 e. The highest BCUT2D eigenvalue weighted by molar-refractivity contribution is 5.88. The van der Waals surface area contributed by atoms with Gasteiger partial charge in [0.05, 0.1) is 36.5 Å². The van der Waals surface area contributed by atoms with E-state index in [0.29, 0.717) is 17.7 Å². The van der Waals surface area contributed by atoms with Crippen LogP contribution in [0.25, 0.3) is 0 Å². The van der Waals surface area contributed by atoms with Gasteiger partial charge in [0.15, 0.2) is 0 Å². The Kier molecular flexibility index (Phi) is 4.11. The van der Waals surface area contributed by atoms with Crippen molar-refractivity contribution in [2.75, 3.05) is 6.61 Å². The van der Waals surface area contributed by atoms with Gasteiger partial charge in [0.2, 0.25) is 0 Å². The molecule has 2 aromatic rings. The number of benzene rings is 1. The molecule has 5 nitrogen and oxygen atoms in total. The Bertz CT molecular complexity index is 673. The van der Waals surface area contributed by atoms with E-state index >= 15 is 0 Å². The normalized spacial score (nSPS) is 10.1. The van der Waals surface area contributed by atoms with Crippen molar-refractivity contribution in [1.82, 2.24) is 9.78 Å². The van der Waals surface area contributed by atoms with Crippen molar-refractivity contribution in [1.29, 1.82) is 5.26 Å². The number of carbonyl (C=O) groups is 1.